The summed E-state index contributed by atoms with van der Waals surface area (Å²) in [6.07, 6.45) is 0.707. The van der Waals surface area contributed by atoms with Crippen molar-refractivity contribution >= 4 is 11.6 Å². The van der Waals surface area contributed by atoms with Crippen molar-refractivity contribution in [3.63, 3.8) is 0 Å². The molecule has 0 aliphatic heterocycles. The van der Waals surface area contributed by atoms with Gasteiger partial charge < -0.3 is 10.7 Å². The van der Waals surface area contributed by atoms with E-state index in [1.54, 1.807) is 0 Å². The minimum absolute atomic E-state index is 0.276. The van der Waals surface area contributed by atoms with Gasteiger partial charge in [0.2, 0.25) is 0 Å². The molecule has 0 aliphatic rings. The molecule has 0 spiro atoms. The van der Waals surface area contributed by atoms with E-state index < -0.39 is 0 Å². The average molecular weight is 264 g/mol. The van der Waals surface area contributed by atoms with Gasteiger partial charge in [0.05, 0.1) is 10.7 Å². The first-order valence-electron chi connectivity index (χ1n) is 5.96. The SMILES string of the molecule is Cc1[nH]c(CC(C)(C)N)nc1-c1ccccc1Cl. The Morgan fingerprint density at radius 3 is 2.61 bits per heavy atom. The van der Waals surface area contributed by atoms with Gasteiger partial charge in [-0.15, -0.1) is 0 Å². The van der Waals surface area contributed by atoms with E-state index in [0.29, 0.717) is 11.4 Å². The van der Waals surface area contributed by atoms with E-state index in [2.05, 4.69) is 9.97 Å². The van der Waals surface area contributed by atoms with Gasteiger partial charge in [0.15, 0.2) is 0 Å². The van der Waals surface area contributed by atoms with Gasteiger partial charge in [-0.2, -0.15) is 0 Å². The summed E-state index contributed by atoms with van der Waals surface area (Å²) >= 11 is 6.19. The number of benzene rings is 1. The fourth-order valence-electron chi connectivity index (χ4n) is 1.95. The predicted octanol–water partition coefficient (Wildman–Crippen LogP) is 3.32. The molecule has 2 aromatic rings. The molecule has 2 rings (SSSR count). The van der Waals surface area contributed by atoms with Gasteiger partial charge in [-0.3, -0.25) is 0 Å². The zero-order valence-corrected chi connectivity index (χ0v) is 11.7. The van der Waals surface area contributed by atoms with Crippen LogP contribution in [-0.4, -0.2) is 15.5 Å². The van der Waals surface area contributed by atoms with Crippen LogP contribution in [0.15, 0.2) is 24.3 Å². The molecule has 1 aromatic heterocycles. The molecular formula is C14H18ClN3. The van der Waals surface area contributed by atoms with Crippen molar-refractivity contribution < 1.29 is 0 Å². The second-order valence-electron chi connectivity index (χ2n) is 5.30. The minimum atomic E-state index is -0.276. The fourth-order valence-corrected chi connectivity index (χ4v) is 2.18. The largest absolute Gasteiger partial charge is 0.346 e. The number of halogens is 1. The summed E-state index contributed by atoms with van der Waals surface area (Å²) in [5, 5.41) is 0.714. The van der Waals surface area contributed by atoms with Crippen molar-refractivity contribution in [3.8, 4) is 11.3 Å². The first-order valence-corrected chi connectivity index (χ1v) is 6.34. The molecule has 3 nitrogen and oxygen atoms in total. The van der Waals surface area contributed by atoms with Crippen molar-refractivity contribution in [2.24, 2.45) is 5.73 Å². The molecule has 0 atom stereocenters. The van der Waals surface area contributed by atoms with Gasteiger partial charge in [0, 0.05) is 23.2 Å². The number of H-pyrrole nitrogens is 1. The Hall–Kier alpha value is -1.32. The Morgan fingerprint density at radius 2 is 2.00 bits per heavy atom. The summed E-state index contributed by atoms with van der Waals surface area (Å²) in [6.45, 7) is 5.97. The third kappa shape index (κ3) is 2.92. The van der Waals surface area contributed by atoms with Crippen molar-refractivity contribution in [2.45, 2.75) is 32.7 Å². The van der Waals surface area contributed by atoms with Gasteiger partial charge in [-0.05, 0) is 26.8 Å². The van der Waals surface area contributed by atoms with E-state index in [9.17, 15) is 0 Å². The lowest BCUT2D eigenvalue weighted by Gasteiger charge is -2.15. The number of nitrogens with zero attached hydrogens (tertiary/aromatic N) is 1. The number of imidazole rings is 1. The van der Waals surface area contributed by atoms with Crippen LogP contribution in [0.3, 0.4) is 0 Å². The van der Waals surface area contributed by atoms with Crippen molar-refractivity contribution in [3.05, 3.63) is 40.8 Å². The molecule has 0 radical (unpaired) electrons. The predicted molar refractivity (Wildman–Crippen MR) is 75.7 cm³/mol. The first-order chi connectivity index (χ1) is 8.37. The second kappa shape index (κ2) is 4.75. The van der Waals surface area contributed by atoms with Crippen LogP contribution in [0.5, 0.6) is 0 Å². The second-order valence-corrected chi connectivity index (χ2v) is 5.71. The standard InChI is InChI=1S/C14H18ClN3/c1-9-13(10-6-4-5-7-11(10)15)18-12(17-9)8-14(2,3)16/h4-7H,8,16H2,1-3H3,(H,17,18). The molecule has 4 heteroatoms. The minimum Gasteiger partial charge on any atom is -0.346 e. The molecule has 1 heterocycles. The molecule has 0 amide bonds. The van der Waals surface area contributed by atoms with Crippen LogP contribution >= 0.6 is 11.6 Å². The number of nitrogens with two attached hydrogens (primary N) is 1. The normalized spacial score (nSPS) is 11.8. The lowest BCUT2D eigenvalue weighted by atomic mass is 10.0. The highest BCUT2D eigenvalue weighted by Gasteiger charge is 2.17. The summed E-state index contributed by atoms with van der Waals surface area (Å²) in [7, 11) is 0. The summed E-state index contributed by atoms with van der Waals surface area (Å²) in [4.78, 5) is 7.88. The van der Waals surface area contributed by atoms with Crippen LogP contribution in [0.1, 0.15) is 25.4 Å². The maximum atomic E-state index is 6.19. The monoisotopic (exact) mass is 263 g/mol. The average Bonchev–Trinajstić information content (AvgIpc) is 2.57. The highest BCUT2D eigenvalue weighted by molar-refractivity contribution is 6.33. The Kier molecular flexibility index (Phi) is 3.46. The molecule has 0 fully saturated rings. The maximum absolute atomic E-state index is 6.19. The first kappa shape index (κ1) is 13.1. The summed E-state index contributed by atoms with van der Waals surface area (Å²) < 4.78 is 0. The number of aryl methyl sites for hydroxylation is 1. The molecule has 0 bridgehead atoms. The van der Waals surface area contributed by atoms with Crippen LogP contribution in [0.4, 0.5) is 0 Å². The van der Waals surface area contributed by atoms with E-state index in [0.717, 1.165) is 22.8 Å². The molecule has 0 aliphatic carbocycles. The van der Waals surface area contributed by atoms with E-state index in [1.165, 1.54) is 0 Å². The number of rotatable bonds is 3. The third-order valence-corrected chi connectivity index (χ3v) is 3.02. The number of hydrogen-bond donors (Lipinski definition) is 2. The van der Waals surface area contributed by atoms with Crippen LogP contribution < -0.4 is 5.73 Å². The van der Waals surface area contributed by atoms with Crippen molar-refractivity contribution in [1.82, 2.24) is 9.97 Å². The van der Waals surface area contributed by atoms with E-state index in [4.69, 9.17) is 17.3 Å². The Balaban J connectivity index is 2.39. The number of hydrogen-bond acceptors (Lipinski definition) is 2. The van der Waals surface area contributed by atoms with Gasteiger partial charge in [0.1, 0.15) is 5.82 Å². The van der Waals surface area contributed by atoms with E-state index in [1.807, 2.05) is 45.0 Å². The van der Waals surface area contributed by atoms with Gasteiger partial charge in [-0.1, -0.05) is 29.8 Å². The Bertz CT molecular complexity index is 552. The molecule has 1 aromatic carbocycles. The van der Waals surface area contributed by atoms with Crippen molar-refractivity contribution in [2.75, 3.05) is 0 Å². The number of aromatic amines is 1. The third-order valence-electron chi connectivity index (χ3n) is 2.69. The number of aromatic nitrogens is 2. The molecule has 0 unspecified atom stereocenters. The Morgan fingerprint density at radius 1 is 1.33 bits per heavy atom. The lowest BCUT2D eigenvalue weighted by Crippen LogP contribution is -2.34. The molecule has 96 valence electrons. The molecular weight excluding hydrogens is 246 g/mol. The smallest absolute Gasteiger partial charge is 0.108 e. The highest BCUT2D eigenvalue weighted by Crippen LogP contribution is 2.28. The highest BCUT2D eigenvalue weighted by atomic mass is 35.5. The summed E-state index contributed by atoms with van der Waals surface area (Å²) in [5.74, 6) is 0.898. The lowest BCUT2D eigenvalue weighted by molar-refractivity contribution is 0.504. The van der Waals surface area contributed by atoms with Crippen LogP contribution in [0.25, 0.3) is 11.3 Å². The molecule has 3 N–H and O–H groups in total. The van der Waals surface area contributed by atoms with Crippen molar-refractivity contribution in [1.29, 1.82) is 0 Å². The molecule has 18 heavy (non-hydrogen) atoms. The topological polar surface area (TPSA) is 54.7 Å². The zero-order chi connectivity index (χ0) is 13.3. The molecule has 0 saturated heterocycles. The number of nitrogens with one attached hydrogen (secondary N) is 1. The van der Waals surface area contributed by atoms with Gasteiger partial charge >= 0.3 is 0 Å². The van der Waals surface area contributed by atoms with Gasteiger partial charge in [-0.25, -0.2) is 4.98 Å². The Labute approximate surface area is 112 Å². The van der Waals surface area contributed by atoms with Crippen LogP contribution in [0, 0.1) is 6.92 Å². The van der Waals surface area contributed by atoms with E-state index in [-0.39, 0.29) is 5.54 Å². The van der Waals surface area contributed by atoms with Gasteiger partial charge in [0.25, 0.3) is 0 Å². The summed E-state index contributed by atoms with van der Waals surface area (Å²) in [5.41, 5.74) is 8.61. The van der Waals surface area contributed by atoms with Crippen LogP contribution in [0.2, 0.25) is 5.02 Å². The summed E-state index contributed by atoms with van der Waals surface area (Å²) in [6, 6.07) is 7.72. The van der Waals surface area contributed by atoms with Crippen LogP contribution in [-0.2, 0) is 6.42 Å². The quantitative estimate of drug-likeness (QED) is 0.893. The molecule has 0 saturated carbocycles. The zero-order valence-electron chi connectivity index (χ0n) is 10.9. The maximum Gasteiger partial charge on any atom is 0.108 e. The van der Waals surface area contributed by atoms with E-state index >= 15 is 0 Å². The fraction of sp³-hybridized carbons (Fsp3) is 0.357.